The molecule has 0 aliphatic rings. The minimum absolute atomic E-state index is 0.0429. The molecule has 6 nitrogen and oxygen atoms in total. The SMILES string of the molecule is CC(C)(C)OC(=O)NCc1ccc(CCCNCCNC(=O)c2ccccc2)cc1. The lowest BCUT2D eigenvalue weighted by molar-refractivity contribution is 0.0523. The minimum atomic E-state index is -0.491. The molecule has 2 aromatic rings. The molecule has 0 unspecified atom stereocenters. The molecule has 0 saturated carbocycles. The maximum atomic E-state index is 11.9. The summed E-state index contributed by atoms with van der Waals surface area (Å²) in [4.78, 5) is 23.6. The van der Waals surface area contributed by atoms with Gasteiger partial charge in [0.2, 0.25) is 0 Å². The first-order valence-electron chi connectivity index (χ1n) is 10.4. The molecule has 0 aromatic heterocycles. The number of nitrogens with one attached hydrogen (secondary N) is 3. The second-order valence-corrected chi connectivity index (χ2v) is 8.15. The van der Waals surface area contributed by atoms with Crippen LogP contribution in [0.25, 0.3) is 0 Å². The van der Waals surface area contributed by atoms with Gasteiger partial charge in [-0.05, 0) is 63.4 Å². The number of alkyl carbamates (subject to hydrolysis) is 1. The summed E-state index contributed by atoms with van der Waals surface area (Å²) in [7, 11) is 0. The zero-order valence-corrected chi connectivity index (χ0v) is 18.2. The van der Waals surface area contributed by atoms with Crippen LogP contribution in [0.15, 0.2) is 54.6 Å². The molecule has 0 bridgehead atoms. The van der Waals surface area contributed by atoms with Gasteiger partial charge in [0.1, 0.15) is 5.60 Å². The lowest BCUT2D eigenvalue weighted by Crippen LogP contribution is -2.32. The monoisotopic (exact) mass is 411 g/mol. The van der Waals surface area contributed by atoms with Crippen molar-refractivity contribution in [3.8, 4) is 0 Å². The van der Waals surface area contributed by atoms with E-state index in [-0.39, 0.29) is 5.91 Å². The number of amides is 2. The van der Waals surface area contributed by atoms with Gasteiger partial charge in [0.25, 0.3) is 5.91 Å². The molecule has 0 fully saturated rings. The number of carbonyl (C=O) groups excluding carboxylic acids is 2. The van der Waals surface area contributed by atoms with Crippen molar-refractivity contribution >= 4 is 12.0 Å². The number of hydrogen-bond acceptors (Lipinski definition) is 4. The van der Waals surface area contributed by atoms with Crippen molar-refractivity contribution in [3.63, 3.8) is 0 Å². The maximum absolute atomic E-state index is 11.9. The Morgan fingerprint density at radius 1 is 0.833 bits per heavy atom. The van der Waals surface area contributed by atoms with Crippen molar-refractivity contribution in [3.05, 3.63) is 71.3 Å². The van der Waals surface area contributed by atoms with Crippen molar-refractivity contribution in [1.82, 2.24) is 16.0 Å². The van der Waals surface area contributed by atoms with E-state index in [1.165, 1.54) is 5.56 Å². The van der Waals surface area contributed by atoms with Gasteiger partial charge in [-0.3, -0.25) is 4.79 Å². The minimum Gasteiger partial charge on any atom is -0.444 e. The smallest absolute Gasteiger partial charge is 0.407 e. The average molecular weight is 412 g/mol. The second kappa shape index (κ2) is 12.0. The molecule has 0 radical (unpaired) electrons. The fraction of sp³-hybridized carbons (Fsp3) is 0.417. The lowest BCUT2D eigenvalue weighted by atomic mass is 10.1. The van der Waals surface area contributed by atoms with Crippen LogP contribution in [0, 0.1) is 0 Å². The molecule has 0 aliphatic carbocycles. The van der Waals surface area contributed by atoms with E-state index in [4.69, 9.17) is 4.74 Å². The van der Waals surface area contributed by atoms with Crippen LogP contribution in [-0.4, -0.2) is 37.2 Å². The first kappa shape index (κ1) is 23.4. The first-order chi connectivity index (χ1) is 14.3. The third kappa shape index (κ3) is 9.56. The number of rotatable bonds is 10. The molecule has 162 valence electrons. The highest BCUT2D eigenvalue weighted by atomic mass is 16.6. The Kier molecular flexibility index (Phi) is 9.35. The van der Waals surface area contributed by atoms with Gasteiger partial charge < -0.3 is 20.7 Å². The molecule has 2 rings (SSSR count). The molecular formula is C24H33N3O3. The Morgan fingerprint density at radius 3 is 2.17 bits per heavy atom. The van der Waals surface area contributed by atoms with Crippen LogP contribution in [-0.2, 0) is 17.7 Å². The zero-order valence-electron chi connectivity index (χ0n) is 18.2. The molecule has 2 amide bonds. The van der Waals surface area contributed by atoms with Crippen molar-refractivity contribution in [2.75, 3.05) is 19.6 Å². The van der Waals surface area contributed by atoms with Crippen LogP contribution in [0.1, 0.15) is 48.7 Å². The largest absolute Gasteiger partial charge is 0.444 e. The third-order valence-corrected chi connectivity index (χ3v) is 4.30. The number of ether oxygens (including phenoxy) is 1. The quantitative estimate of drug-likeness (QED) is 0.521. The molecule has 3 N–H and O–H groups in total. The van der Waals surface area contributed by atoms with Gasteiger partial charge in [-0.1, -0.05) is 42.5 Å². The number of carbonyl (C=O) groups is 2. The molecule has 0 aliphatic heterocycles. The van der Waals surface area contributed by atoms with Crippen LogP contribution in [0.4, 0.5) is 4.79 Å². The van der Waals surface area contributed by atoms with E-state index in [9.17, 15) is 9.59 Å². The summed E-state index contributed by atoms with van der Waals surface area (Å²) in [5.41, 5.74) is 2.49. The normalized spacial score (nSPS) is 11.0. The summed E-state index contributed by atoms with van der Waals surface area (Å²) in [6.07, 6.45) is 1.59. The van der Waals surface area contributed by atoms with Crippen molar-refractivity contribution in [2.24, 2.45) is 0 Å². The highest BCUT2D eigenvalue weighted by molar-refractivity contribution is 5.94. The van der Waals surface area contributed by atoms with E-state index in [0.29, 0.717) is 18.7 Å². The standard InChI is InChI=1S/C24H33N3O3/c1-24(2,3)30-23(29)27-18-20-13-11-19(12-14-20)8-7-15-25-16-17-26-22(28)21-9-5-4-6-10-21/h4-6,9-14,25H,7-8,15-18H2,1-3H3,(H,26,28)(H,27,29). The summed E-state index contributed by atoms with van der Waals surface area (Å²) < 4.78 is 5.23. The summed E-state index contributed by atoms with van der Waals surface area (Å²) in [5, 5.41) is 9.02. The summed E-state index contributed by atoms with van der Waals surface area (Å²) in [6, 6.07) is 17.5. The zero-order chi connectivity index (χ0) is 21.8. The van der Waals surface area contributed by atoms with Crippen LogP contribution in [0.3, 0.4) is 0 Å². The molecule has 0 saturated heterocycles. The van der Waals surface area contributed by atoms with E-state index >= 15 is 0 Å². The molecule has 0 atom stereocenters. The lowest BCUT2D eigenvalue weighted by Gasteiger charge is -2.19. The fourth-order valence-corrected chi connectivity index (χ4v) is 2.81. The predicted octanol–water partition coefficient (Wildman–Crippen LogP) is 3.66. The number of benzene rings is 2. The highest BCUT2D eigenvalue weighted by Gasteiger charge is 2.15. The van der Waals surface area contributed by atoms with Crippen molar-refractivity contribution < 1.29 is 14.3 Å². The topological polar surface area (TPSA) is 79.5 Å². The molecule has 2 aromatic carbocycles. The second-order valence-electron chi connectivity index (χ2n) is 8.15. The van der Waals surface area contributed by atoms with E-state index in [2.05, 4.69) is 28.1 Å². The van der Waals surface area contributed by atoms with Crippen LogP contribution >= 0.6 is 0 Å². The number of hydrogen-bond donors (Lipinski definition) is 3. The van der Waals surface area contributed by atoms with Crippen LogP contribution in [0.2, 0.25) is 0 Å². The van der Waals surface area contributed by atoms with Gasteiger partial charge in [-0.25, -0.2) is 4.79 Å². The van der Waals surface area contributed by atoms with Gasteiger partial charge in [0.15, 0.2) is 0 Å². The van der Waals surface area contributed by atoms with E-state index in [0.717, 1.165) is 31.5 Å². The molecule has 30 heavy (non-hydrogen) atoms. The molecule has 0 spiro atoms. The van der Waals surface area contributed by atoms with Crippen LogP contribution < -0.4 is 16.0 Å². The van der Waals surface area contributed by atoms with Gasteiger partial charge in [-0.15, -0.1) is 0 Å². The summed E-state index contributed by atoms with van der Waals surface area (Å²) >= 11 is 0. The Hall–Kier alpha value is -2.86. The van der Waals surface area contributed by atoms with E-state index in [1.54, 1.807) is 0 Å². The summed E-state index contributed by atoms with van der Waals surface area (Å²) in [5.74, 6) is -0.0429. The van der Waals surface area contributed by atoms with E-state index in [1.807, 2.05) is 63.2 Å². The van der Waals surface area contributed by atoms with Gasteiger partial charge in [0, 0.05) is 25.2 Å². The van der Waals surface area contributed by atoms with Gasteiger partial charge in [0.05, 0.1) is 0 Å². The van der Waals surface area contributed by atoms with Gasteiger partial charge in [-0.2, -0.15) is 0 Å². The van der Waals surface area contributed by atoms with E-state index < -0.39 is 11.7 Å². The molecule has 6 heteroatoms. The molecular weight excluding hydrogens is 378 g/mol. The van der Waals surface area contributed by atoms with Crippen molar-refractivity contribution in [1.29, 1.82) is 0 Å². The Labute approximate surface area is 179 Å². The fourth-order valence-electron chi connectivity index (χ4n) is 2.81. The average Bonchev–Trinajstić information content (AvgIpc) is 2.71. The van der Waals surface area contributed by atoms with Crippen molar-refractivity contribution in [2.45, 2.75) is 45.8 Å². The number of aryl methyl sites for hydroxylation is 1. The Balaban J connectivity index is 1.55. The Morgan fingerprint density at radius 2 is 1.50 bits per heavy atom. The first-order valence-corrected chi connectivity index (χ1v) is 10.4. The third-order valence-electron chi connectivity index (χ3n) is 4.30. The summed E-state index contributed by atoms with van der Waals surface area (Å²) in [6.45, 7) is 8.22. The predicted molar refractivity (Wildman–Crippen MR) is 119 cm³/mol. The van der Waals surface area contributed by atoms with Crippen LogP contribution in [0.5, 0.6) is 0 Å². The Bertz CT molecular complexity index is 784. The molecule has 0 heterocycles. The maximum Gasteiger partial charge on any atom is 0.407 e. The highest BCUT2D eigenvalue weighted by Crippen LogP contribution is 2.09. The van der Waals surface area contributed by atoms with Gasteiger partial charge >= 0.3 is 6.09 Å².